The molecular formula is C13H17N3O3S. The Morgan fingerprint density at radius 2 is 2.20 bits per heavy atom. The molecule has 2 aromatic rings. The molecule has 1 aromatic heterocycles. The third kappa shape index (κ3) is 3.05. The first-order chi connectivity index (χ1) is 9.32. The van der Waals surface area contributed by atoms with E-state index in [2.05, 4.69) is 10.3 Å². The summed E-state index contributed by atoms with van der Waals surface area (Å²) in [6.45, 7) is 5.68. The van der Waals surface area contributed by atoms with Crippen molar-refractivity contribution in [2.75, 3.05) is 11.9 Å². The Labute approximate surface area is 120 Å². The van der Waals surface area contributed by atoms with E-state index in [9.17, 15) is 10.1 Å². The SMILES string of the molecule is Cc1nc2cc(NC(C)(C)CCO)c([N+](=O)[O-])cc2s1. The zero-order valence-corrected chi connectivity index (χ0v) is 12.5. The summed E-state index contributed by atoms with van der Waals surface area (Å²) in [5.74, 6) is 0. The van der Waals surface area contributed by atoms with E-state index in [4.69, 9.17) is 5.11 Å². The van der Waals surface area contributed by atoms with Crippen molar-refractivity contribution in [2.24, 2.45) is 0 Å². The molecule has 108 valence electrons. The molecule has 0 fully saturated rings. The molecule has 2 rings (SSSR count). The second-order valence-electron chi connectivity index (χ2n) is 5.31. The number of aryl methyl sites for hydroxylation is 1. The minimum atomic E-state index is -0.432. The topological polar surface area (TPSA) is 88.3 Å². The minimum absolute atomic E-state index is 0.0197. The number of nitro groups is 1. The number of nitro benzene ring substituents is 1. The van der Waals surface area contributed by atoms with Crippen LogP contribution in [0.25, 0.3) is 10.2 Å². The number of fused-ring (bicyclic) bond motifs is 1. The summed E-state index contributed by atoms with van der Waals surface area (Å²) in [5.41, 5.74) is 0.789. The summed E-state index contributed by atoms with van der Waals surface area (Å²) in [6.07, 6.45) is 0.498. The predicted octanol–water partition coefficient (Wildman–Crippen LogP) is 3.09. The van der Waals surface area contributed by atoms with Gasteiger partial charge in [-0.25, -0.2) is 4.98 Å². The van der Waals surface area contributed by atoms with E-state index >= 15 is 0 Å². The van der Waals surface area contributed by atoms with Crippen molar-refractivity contribution in [1.29, 1.82) is 0 Å². The number of aliphatic hydroxyl groups is 1. The number of benzene rings is 1. The summed E-state index contributed by atoms with van der Waals surface area (Å²) in [4.78, 5) is 15.2. The lowest BCUT2D eigenvalue weighted by Gasteiger charge is -2.26. The molecule has 0 bridgehead atoms. The molecule has 0 atom stereocenters. The predicted molar refractivity (Wildman–Crippen MR) is 80.4 cm³/mol. The molecule has 2 N–H and O–H groups in total. The van der Waals surface area contributed by atoms with Crippen LogP contribution >= 0.6 is 11.3 Å². The van der Waals surface area contributed by atoms with Crippen molar-refractivity contribution < 1.29 is 10.0 Å². The van der Waals surface area contributed by atoms with E-state index in [0.29, 0.717) is 12.1 Å². The molecule has 6 nitrogen and oxygen atoms in total. The van der Waals surface area contributed by atoms with Crippen molar-refractivity contribution >= 4 is 32.9 Å². The highest BCUT2D eigenvalue weighted by molar-refractivity contribution is 7.18. The zero-order chi connectivity index (χ0) is 14.9. The second kappa shape index (κ2) is 5.34. The molecule has 0 spiro atoms. The number of thiazole rings is 1. The number of anilines is 1. The van der Waals surface area contributed by atoms with Crippen LogP contribution < -0.4 is 5.32 Å². The van der Waals surface area contributed by atoms with Crippen molar-refractivity contribution in [2.45, 2.75) is 32.7 Å². The third-order valence-corrected chi connectivity index (χ3v) is 3.95. The zero-order valence-electron chi connectivity index (χ0n) is 11.6. The van der Waals surface area contributed by atoms with E-state index in [0.717, 1.165) is 15.2 Å². The number of nitrogens with zero attached hydrogens (tertiary/aromatic N) is 2. The first-order valence-corrected chi connectivity index (χ1v) is 7.09. The van der Waals surface area contributed by atoms with Crippen LogP contribution in [-0.2, 0) is 0 Å². The fourth-order valence-corrected chi connectivity index (χ4v) is 2.88. The number of rotatable bonds is 5. The number of hydrogen-bond donors (Lipinski definition) is 2. The molecule has 20 heavy (non-hydrogen) atoms. The smallest absolute Gasteiger partial charge is 0.293 e. The van der Waals surface area contributed by atoms with Gasteiger partial charge in [0, 0.05) is 18.2 Å². The Kier molecular flexibility index (Phi) is 3.92. The monoisotopic (exact) mass is 295 g/mol. The molecule has 0 aliphatic rings. The van der Waals surface area contributed by atoms with Gasteiger partial charge < -0.3 is 10.4 Å². The Bertz CT molecular complexity index is 652. The fraction of sp³-hybridized carbons (Fsp3) is 0.462. The number of aliphatic hydroxyl groups excluding tert-OH is 1. The van der Waals surface area contributed by atoms with E-state index < -0.39 is 10.5 Å². The summed E-state index contributed by atoms with van der Waals surface area (Å²) in [6, 6.07) is 3.26. The molecule has 0 radical (unpaired) electrons. The summed E-state index contributed by atoms with van der Waals surface area (Å²) in [5, 5.41) is 24.3. The van der Waals surface area contributed by atoms with Gasteiger partial charge >= 0.3 is 0 Å². The Morgan fingerprint density at radius 3 is 2.80 bits per heavy atom. The average Bonchev–Trinajstić information content (AvgIpc) is 2.66. The van der Waals surface area contributed by atoms with Gasteiger partial charge in [0.15, 0.2) is 0 Å². The van der Waals surface area contributed by atoms with Crippen LogP contribution in [0.4, 0.5) is 11.4 Å². The number of aromatic nitrogens is 1. The van der Waals surface area contributed by atoms with E-state index in [1.54, 1.807) is 12.1 Å². The fourth-order valence-electron chi connectivity index (χ4n) is 2.04. The van der Waals surface area contributed by atoms with Crippen LogP contribution in [0.5, 0.6) is 0 Å². The van der Waals surface area contributed by atoms with Crippen LogP contribution in [-0.4, -0.2) is 27.2 Å². The largest absolute Gasteiger partial charge is 0.396 e. The highest BCUT2D eigenvalue weighted by Crippen LogP contribution is 2.34. The first kappa shape index (κ1) is 14.7. The highest BCUT2D eigenvalue weighted by atomic mass is 32.1. The standard InChI is InChI=1S/C13H17N3O3S/c1-8-14-10-6-9(15-13(2,3)4-5-17)11(16(18)19)7-12(10)20-8/h6-7,15,17H,4-5H2,1-3H3. The first-order valence-electron chi connectivity index (χ1n) is 6.27. The molecule has 0 saturated heterocycles. The quantitative estimate of drug-likeness (QED) is 0.653. The summed E-state index contributed by atoms with van der Waals surface area (Å²) < 4.78 is 0.805. The Hall–Kier alpha value is -1.73. The molecule has 1 aromatic carbocycles. The van der Waals surface area contributed by atoms with Gasteiger partial charge in [0.2, 0.25) is 0 Å². The molecule has 7 heteroatoms. The third-order valence-electron chi connectivity index (χ3n) is 3.02. The number of hydrogen-bond acceptors (Lipinski definition) is 6. The molecular weight excluding hydrogens is 278 g/mol. The van der Waals surface area contributed by atoms with Gasteiger partial charge in [-0.05, 0) is 33.3 Å². The normalized spacial score (nSPS) is 11.8. The molecule has 0 aliphatic heterocycles. The maximum atomic E-state index is 11.2. The van der Waals surface area contributed by atoms with E-state index in [-0.39, 0.29) is 12.3 Å². The van der Waals surface area contributed by atoms with Gasteiger partial charge in [0.05, 0.1) is 20.1 Å². The average molecular weight is 295 g/mol. The summed E-state index contributed by atoms with van der Waals surface area (Å²) in [7, 11) is 0. The van der Waals surface area contributed by atoms with Crippen molar-refractivity contribution in [3.05, 3.63) is 27.3 Å². The number of nitrogens with one attached hydrogen (secondary N) is 1. The van der Waals surface area contributed by atoms with Crippen LogP contribution in [0.2, 0.25) is 0 Å². The van der Waals surface area contributed by atoms with Crippen LogP contribution in [0, 0.1) is 17.0 Å². The highest BCUT2D eigenvalue weighted by Gasteiger charge is 2.23. The van der Waals surface area contributed by atoms with Crippen LogP contribution in [0.3, 0.4) is 0 Å². The Morgan fingerprint density at radius 1 is 1.50 bits per heavy atom. The lowest BCUT2D eigenvalue weighted by atomic mass is 10.0. The lowest BCUT2D eigenvalue weighted by molar-refractivity contribution is -0.383. The van der Waals surface area contributed by atoms with Crippen LogP contribution in [0.1, 0.15) is 25.3 Å². The molecule has 1 heterocycles. The molecule has 0 aliphatic carbocycles. The maximum Gasteiger partial charge on any atom is 0.293 e. The van der Waals surface area contributed by atoms with Crippen molar-refractivity contribution in [3.63, 3.8) is 0 Å². The van der Waals surface area contributed by atoms with E-state index in [1.165, 1.54) is 11.3 Å². The van der Waals surface area contributed by atoms with Crippen molar-refractivity contribution in [1.82, 2.24) is 4.98 Å². The lowest BCUT2D eigenvalue weighted by Crippen LogP contribution is -2.32. The van der Waals surface area contributed by atoms with Gasteiger partial charge in [-0.1, -0.05) is 0 Å². The summed E-state index contributed by atoms with van der Waals surface area (Å²) >= 11 is 1.44. The second-order valence-corrected chi connectivity index (χ2v) is 6.54. The maximum absolute atomic E-state index is 11.2. The van der Waals surface area contributed by atoms with Gasteiger partial charge in [-0.3, -0.25) is 10.1 Å². The minimum Gasteiger partial charge on any atom is -0.396 e. The van der Waals surface area contributed by atoms with E-state index in [1.807, 2.05) is 20.8 Å². The molecule has 0 saturated carbocycles. The van der Waals surface area contributed by atoms with Gasteiger partial charge in [-0.2, -0.15) is 0 Å². The molecule has 0 amide bonds. The van der Waals surface area contributed by atoms with Gasteiger partial charge in [0.25, 0.3) is 5.69 Å². The van der Waals surface area contributed by atoms with Crippen LogP contribution in [0.15, 0.2) is 12.1 Å². The Balaban J connectivity index is 2.49. The van der Waals surface area contributed by atoms with Gasteiger partial charge in [0.1, 0.15) is 5.69 Å². The van der Waals surface area contributed by atoms with Crippen molar-refractivity contribution in [3.8, 4) is 0 Å². The van der Waals surface area contributed by atoms with Gasteiger partial charge in [-0.15, -0.1) is 11.3 Å². The molecule has 0 unspecified atom stereocenters.